The van der Waals surface area contributed by atoms with E-state index in [4.69, 9.17) is 9.84 Å². The van der Waals surface area contributed by atoms with Crippen LogP contribution in [0.1, 0.15) is 23.6 Å². The van der Waals surface area contributed by atoms with Gasteiger partial charge in [0.25, 0.3) is 0 Å². The number of hydrogen-bond donors (Lipinski definition) is 1. The lowest BCUT2D eigenvalue weighted by molar-refractivity contribution is -0.137. The smallest absolute Gasteiger partial charge is 0.411 e. The summed E-state index contributed by atoms with van der Waals surface area (Å²) < 4.78 is 5.39. The molecule has 1 aromatic rings. The zero-order chi connectivity index (χ0) is 14.2. The van der Waals surface area contributed by atoms with E-state index in [1.165, 1.54) is 4.90 Å². The number of carboxylic acids is 1. The normalized spacial score (nSPS) is 22.5. The standard InChI is InChI=1S/C14H17NO4/c1-9-4-5-11(10(2)6-9)14(3)8-15(7-12(16)17)13(18)19-14/h4-6H,7-8H2,1-3H3,(H,16,17). The zero-order valence-electron chi connectivity index (χ0n) is 11.3. The van der Waals surface area contributed by atoms with Gasteiger partial charge in [-0.05, 0) is 26.3 Å². The summed E-state index contributed by atoms with van der Waals surface area (Å²) in [5.74, 6) is -1.04. The van der Waals surface area contributed by atoms with Crippen molar-refractivity contribution >= 4 is 12.1 Å². The van der Waals surface area contributed by atoms with Gasteiger partial charge in [0.1, 0.15) is 6.54 Å². The molecule has 0 aromatic heterocycles. The maximum atomic E-state index is 11.7. The van der Waals surface area contributed by atoms with Crippen LogP contribution in [0.25, 0.3) is 0 Å². The maximum Gasteiger partial charge on any atom is 0.411 e. The highest BCUT2D eigenvalue weighted by Crippen LogP contribution is 2.34. The average molecular weight is 263 g/mol. The number of ether oxygens (including phenoxy) is 1. The molecular weight excluding hydrogens is 246 g/mol. The van der Waals surface area contributed by atoms with Crippen LogP contribution < -0.4 is 0 Å². The van der Waals surface area contributed by atoms with E-state index in [1.54, 1.807) is 0 Å². The summed E-state index contributed by atoms with van der Waals surface area (Å²) in [6.07, 6.45) is -0.579. The van der Waals surface area contributed by atoms with Crippen LogP contribution in [0.5, 0.6) is 0 Å². The second-order valence-corrected chi connectivity index (χ2v) is 5.17. The zero-order valence-corrected chi connectivity index (χ0v) is 11.3. The molecule has 1 unspecified atom stereocenters. The van der Waals surface area contributed by atoms with Crippen molar-refractivity contribution < 1.29 is 19.4 Å². The number of benzene rings is 1. The number of carbonyl (C=O) groups excluding carboxylic acids is 1. The molecule has 0 saturated carbocycles. The molecular formula is C14H17NO4. The Morgan fingerprint density at radius 3 is 2.74 bits per heavy atom. The first kappa shape index (κ1) is 13.4. The second kappa shape index (κ2) is 4.57. The van der Waals surface area contributed by atoms with Gasteiger partial charge in [-0.15, -0.1) is 0 Å². The molecule has 2 rings (SSSR count). The third-order valence-corrected chi connectivity index (χ3v) is 3.34. The van der Waals surface area contributed by atoms with Crippen molar-refractivity contribution in [3.8, 4) is 0 Å². The van der Waals surface area contributed by atoms with Crippen LogP contribution in [0.2, 0.25) is 0 Å². The van der Waals surface area contributed by atoms with Gasteiger partial charge in [0.15, 0.2) is 5.60 Å². The molecule has 5 nitrogen and oxygen atoms in total. The topological polar surface area (TPSA) is 66.8 Å². The van der Waals surface area contributed by atoms with Gasteiger partial charge in [0.2, 0.25) is 0 Å². The van der Waals surface area contributed by atoms with Gasteiger partial charge in [-0.3, -0.25) is 9.69 Å². The summed E-state index contributed by atoms with van der Waals surface area (Å²) in [4.78, 5) is 23.6. The summed E-state index contributed by atoms with van der Waals surface area (Å²) in [5.41, 5.74) is 2.30. The Morgan fingerprint density at radius 2 is 2.16 bits per heavy atom. The van der Waals surface area contributed by atoms with Crippen molar-refractivity contribution in [3.05, 3.63) is 34.9 Å². The number of amides is 1. The van der Waals surface area contributed by atoms with Gasteiger partial charge in [0, 0.05) is 5.56 Å². The Kier molecular flexibility index (Phi) is 3.22. The van der Waals surface area contributed by atoms with E-state index in [1.807, 2.05) is 39.0 Å². The highest BCUT2D eigenvalue weighted by molar-refractivity contribution is 5.78. The molecule has 102 valence electrons. The van der Waals surface area contributed by atoms with E-state index in [-0.39, 0.29) is 13.1 Å². The highest BCUT2D eigenvalue weighted by Gasteiger charge is 2.44. The molecule has 0 aliphatic carbocycles. The van der Waals surface area contributed by atoms with E-state index >= 15 is 0 Å². The molecule has 1 aliphatic rings. The summed E-state index contributed by atoms with van der Waals surface area (Å²) in [6, 6.07) is 5.91. The number of nitrogens with zero attached hydrogens (tertiary/aromatic N) is 1. The molecule has 0 spiro atoms. The second-order valence-electron chi connectivity index (χ2n) is 5.17. The lowest BCUT2D eigenvalue weighted by Crippen LogP contribution is -2.33. The molecule has 1 N–H and O–H groups in total. The van der Waals surface area contributed by atoms with Crippen LogP contribution in [0.4, 0.5) is 4.79 Å². The molecule has 1 aliphatic heterocycles. The predicted molar refractivity (Wildman–Crippen MR) is 69.0 cm³/mol. The van der Waals surface area contributed by atoms with Crippen molar-refractivity contribution in [2.45, 2.75) is 26.4 Å². The van der Waals surface area contributed by atoms with Crippen molar-refractivity contribution in [3.63, 3.8) is 0 Å². The van der Waals surface area contributed by atoms with Gasteiger partial charge in [-0.1, -0.05) is 23.8 Å². The van der Waals surface area contributed by atoms with Crippen molar-refractivity contribution in [2.24, 2.45) is 0 Å². The van der Waals surface area contributed by atoms with Gasteiger partial charge >= 0.3 is 12.1 Å². The molecule has 0 bridgehead atoms. The minimum Gasteiger partial charge on any atom is -0.480 e. The van der Waals surface area contributed by atoms with E-state index in [9.17, 15) is 9.59 Å². The fraction of sp³-hybridized carbons (Fsp3) is 0.429. The largest absolute Gasteiger partial charge is 0.480 e. The van der Waals surface area contributed by atoms with E-state index < -0.39 is 17.7 Å². The van der Waals surface area contributed by atoms with Gasteiger partial charge < -0.3 is 9.84 Å². The van der Waals surface area contributed by atoms with E-state index in [0.29, 0.717) is 0 Å². The Hall–Kier alpha value is -2.04. The quantitative estimate of drug-likeness (QED) is 0.906. The molecule has 5 heteroatoms. The van der Waals surface area contributed by atoms with Gasteiger partial charge in [0.05, 0.1) is 6.54 Å². The summed E-state index contributed by atoms with van der Waals surface area (Å²) in [5, 5.41) is 8.77. The summed E-state index contributed by atoms with van der Waals surface area (Å²) >= 11 is 0. The van der Waals surface area contributed by atoms with Crippen LogP contribution in [0, 0.1) is 13.8 Å². The molecule has 1 aromatic carbocycles. The first-order chi connectivity index (χ1) is 8.82. The fourth-order valence-electron chi connectivity index (χ4n) is 2.55. The number of aryl methyl sites for hydroxylation is 2. The Morgan fingerprint density at radius 1 is 1.47 bits per heavy atom. The minimum atomic E-state index is -1.04. The number of carbonyl (C=O) groups is 2. The van der Waals surface area contributed by atoms with Crippen molar-refractivity contribution in [2.75, 3.05) is 13.1 Å². The Bertz CT molecular complexity index is 540. The summed E-state index contributed by atoms with van der Waals surface area (Å²) in [7, 11) is 0. The third-order valence-electron chi connectivity index (χ3n) is 3.34. The van der Waals surface area contributed by atoms with Crippen molar-refractivity contribution in [1.29, 1.82) is 0 Å². The first-order valence-electron chi connectivity index (χ1n) is 6.09. The lowest BCUT2D eigenvalue weighted by Gasteiger charge is -2.24. The molecule has 1 fully saturated rings. The molecule has 1 amide bonds. The molecule has 1 atom stereocenters. The van der Waals surface area contributed by atoms with E-state index in [0.717, 1.165) is 16.7 Å². The maximum absolute atomic E-state index is 11.7. The number of carboxylic acid groups (broad SMARTS) is 1. The number of cyclic esters (lactones) is 1. The van der Waals surface area contributed by atoms with Gasteiger partial charge in [-0.2, -0.15) is 0 Å². The lowest BCUT2D eigenvalue weighted by atomic mass is 9.91. The Labute approximate surface area is 111 Å². The summed E-state index contributed by atoms with van der Waals surface area (Å²) in [6.45, 7) is 5.68. The van der Waals surface area contributed by atoms with Crippen LogP contribution >= 0.6 is 0 Å². The Balaban J connectivity index is 2.29. The van der Waals surface area contributed by atoms with E-state index in [2.05, 4.69) is 0 Å². The molecule has 0 radical (unpaired) electrons. The third kappa shape index (κ3) is 2.54. The SMILES string of the molecule is Cc1ccc(C2(C)CN(CC(=O)O)C(=O)O2)c(C)c1. The van der Waals surface area contributed by atoms with Crippen LogP contribution in [-0.4, -0.2) is 35.2 Å². The molecule has 19 heavy (non-hydrogen) atoms. The molecule has 1 saturated heterocycles. The highest BCUT2D eigenvalue weighted by atomic mass is 16.6. The van der Waals surface area contributed by atoms with Crippen LogP contribution in [-0.2, 0) is 15.1 Å². The van der Waals surface area contributed by atoms with Crippen LogP contribution in [0.3, 0.4) is 0 Å². The average Bonchev–Trinajstić information content (AvgIpc) is 2.53. The number of rotatable bonds is 3. The minimum absolute atomic E-state index is 0.252. The monoisotopic (exact) mass is 263 g/mol. The number of aliphatic carboxylic acids is 1. The van der Waals surface area contributed by atoms with Crippen molar-refractivity contribution in [1.82, 2.24) is 4.90 Å². The van der Waals surface area contributed by atoms with Crippen LogP contribution in [0.15, 0.2) is 18.2 Å². The van der Waals surface area contributed by atoms with Gasteiger partial charge in [-0.25, -0.2) is 4.79 Å². The predicted octanol–water partition coefficient (Wildman–Crippen LogP) is 2.06. The molecule has 1 heterocycles. The first-order valence-corrected chi connectivity index (χ1v) is 6.09. The fourth-order valence-corrected chi connectivity index (χ4v) is 2.55. The number of hydrogen-bond acceptors (Lipinski definition) is 3.